The number of hydrogen-bond acceptors (Lipinski definition) is 2. The van der Waals surface area contributed by atoms with Crippen molar-refractivity contribution in [3.8, 4) is 0 Å². The minimum atomic E-state index is -0.408. The second kappa shape index (κ2) is 6.26. The highest BCUT2D eigenvalue weighted by Gasteiger charge is 2.17. The summed E-state index contributed by atoms with van der Waals surface area (Å²) in [6.45, 7) is 3.93. The van der Waals surface area contributed by atoms with Crippen molar-refractivity contribution < 1.29 is 8.78 Å². The van der Waals surface area contributed by atoms with Gasteiger partial charge in [-0.1, -0.05) is 13.0 Å². The topological polar surface area (TPSA) is 12.0 Å². The predicted molar refractivity (Wildman–Crippen MR) is 75.3 cm³/mol. The van der Waals surface area contributed by atoms with Crippen LogP contribution in [0.5, 0.6) is 0 Å². The van der Waals surface area contributed by atoms with Crippen LogP contribution in [-0.2, 0) is 0 Å². The maximum atomic E-state index is 13.7. The van der Waals surface area contributed by atoms with E-state index in [9.17, 15) is 8.78 Å². The normalized spacial score (nSPS) is 14.3. The van der Waals surface area contributed by atoms with Crippen LogP contribution in [0.25, 0.3) is 0 Å². The van der Waals surface area contributed by atoms with Crippen molar-refractivity contribution in [1.29, 1.82) is 0 Å². The molecular weight excluding hydrogens is 264 g/mol. The highest BCUT2D eigenvalue weighted by atomic mass is 32.1. The molecule has 0 spiro atoms. The lowest BCUT2D eigenvalue weighted by molar-refractivity contribution is 0.444. The summed E-state index contributed by atoms with van der Waals surface area (Å²) in [6, 6.07) is 7.56. The SMILES string of the molecule is CCC(NC(C)c1cc(F)ccc1F)c1cccs1. The molecule has 4 heteroatoms. The van der Waals surface area contributed by atoms with Gasteiger partial charge in [-0.2, -0.15) is 0 Å². The summed E-state index contributed by atoms with van der Waals surface area (Å²) >= 11 is 1.67. The summed E-state index contributed by atoms with van der Waals surface area (Å²) in [6.07, 6.45) is 0.905. The maximum Gasteiger partial charge on any atom is 0.128 e. The lowest BCUT2D eigenvalue weighted by Crippen LogP contribution is -2.24. The van der Waals surface area contributed by atoms with Gasteiger partial charge in [-0.05, 0) is 43.0 Å². The Bertz CT molecular complexity index is 525. The van der Waals surface area contributed by atoms with E-state index in [4.69, 9.17) is 0 Å². The molecule has 1 aromatic carbocycles. The molecule has 2 aromatic rings. The zero-order valence-corrected chi connectivity index (χ0v) is 11.8. The van der Waals surface area contributed by atoms with E-state index in [-0.39, 0.29) is 17.9 Å². The molecule has 0 amide bonds. The average molecular weight is 281 g/mol. The molecule has 2 unspecified atom stereocenters. The third-order valence-electron chi connectivity index (χ3n) is 3.17. The molecule has 0 fully saturated rings. The summed E-state index contributed by atoms with van der Waals surface area (Å²) in [5, 5.41) is 5.38. The van der Waals surface area contributed by atoms with Gasteiger partial charge in [-0.3, -0.25) is 0 Å². The first-order chi connectivity index (χ1) is 9.11. The first-order valence-corrected chi connectivity index (χ1v) is 7.24. The monoisotopic (exact) mass is 281 g/mol. The Morgan fingerprint density at radius 3 is 2.68 bits per heavy atom. The van der Waals surface area contributed by atoms with E-state index < -0.39 is 5.82 Å². The van der Waals surface area contributed by atoms with E-state index >= 15 is 0 Å². The van der Waals surface area contributed by atoms with Crippen LogP contribution in [0, 0.1) is 11.6 Å². The Kier molecular flexibility index (Phi) is 4.66. The van der Waals surface area contributed by atoms with Crippen LogP contribution in [0.3, 0.4) is 0 Å². The van der Waals surface area contributed by atoms with Gasteiger partial charge in [0.25, 0.3) is 0 Å². The molecule has 102 valence electrons. The van der Waals surface area contributed by atoms with Crippen LogP contribution >= 0.6 is 11.3 Å². The first-order valence-electron chi connectivity index (χ1n) is 6.36. The van der Waals surface area contributed by atoms with Crippen molar-refractivity contribution in [3.05, 3.63) is 57.8 Å². The number of hydrogen-bond donors (Lipinski definition) is 1. The van der Waals surface area contributed by atoms with Gasteiger partial charge in [0.05, 0.1) is 0 Å². The Hall–Kier alpha value is -1.26. The molecule has 2 rings (SSSR count). The van der Waals surface area contributed by atoms with Crippen molar-refractivity contribution in [2.24, 2.45) is 0 Å². The Labute approximate surface area is 116 Å². The zero-order chi connectivity index (χ0) is 13.8. The molecular formula is C15H17F2NS. The number of rotatable bonds is 5. The maximum absolute atomic E-state index is 13.7. The van der Waals surface area contributed by atoms with Gasteiger partial charge >= 0.3 is 0 Å². The molecule has 19 heavy (non-hydrogen) atoms. The van der Waals surface area contributed by atoms with Crippen molar-refractivity contribution in [1.82, 2.24) is 5.32 Å². The molecule has 0 radical (unpaired) electrons. The number of benzene rings is 1. The van der Waals surface area contributed by atoms with Gasteiger partial charge in [-0.15, -0.1) is 11.3 Å². The molecule has 0 aliphatic rings. The van der Waals surface area contributed by atoms with E-state index in [1.807, 2.05) is 18.4 Å². The second-order valence-electron chi connectivity index (χ2n) is 4.53. The van der Waals surface area contributed by atoms with Gasteiger partial charge < -0.3 is 5.32 Å². The van der Waals surface area contributed by atoms with E-state index in [2.05, 4.69) is 18.3 Å². The standard InChI is InChI=1S/C15H17F2NS/c1-3-14(15-5-4-8-19-15)18-10(2)12-9-11(16)6-7-13(12)17/h4-10,14,18H,3H2,1-2H3. The Morgan fingerprint density at radius 1 is 1.26 bits per heavy atom. The fourth-order valence-electron chi connectivity index (χ4n) is 2.13. The summed E-state index contributed by atoms with van der Waals surface area (Å²) in [7, 11) is 0. The highest BCUT2D eigenvalue weighted by Crippen LogP contribution is 2.26. The number of halogens is 2. The van der Waals surface area contributed by atoms with Crippen LogP contribution in [-0.4, -0.2) is 0 Å². The molecule has 1 N–H and O–H groups in total. The number of nitrogens with one attached hydrogen (secondary N) is 1. The quantitative estimate of drug-likeness (QED) is 0.828. The van der Waals surface area contributed by atoms with Crippen LogP contribution < -0.4 is 5.32 Å². The molecule has 0 saturated heterocycles. The zero-order valence-electron chi connectivity index (χ0n) is 11.0. The van der Waals surface area contributed by atoms with Crippen LogP contribution in [0.2, 0.25) is 0 Å². The predicted octanol–water partition coefficient (Wildman–Crippen LogP) is 4.83. The molecule has 0 aliphatic carbocycles. The van der Waals surface area contributed by atoms with E-state index in [0.29, 0.717) is 5.56 Å². The van der Waals surface area contributed by atoms with E-state index in [1.165, 1.54) is 17.0 Å². The van der Waals surface area contributed by atoms with Crippen molar-refractivity contribution in [2.75, 3.05) is 0 Å². The van der Waals surface area contributed by atoms with Crippen molar-refractivity contribution >= 4 is 11.3 Å². The van der Waals surface area contributed by atoms with E-state index in [1.54, 1.807) is 11.3 Å². The smallest absolute Gasteiger partial charge is 0.128 e. The van der Waals surface area contributed by atoms with Gasteiger partial charge in [0.2, 0.25) is 0 Å². The fraction of sp³-hybridized carbons (Fsp3) is 0.333. The van der Waals surface area contributed by atoms with Crippen molar-refractivity contribution in [2.45, 2.75) is 32.4 Å². The molecule has 0 saturated carbocycles. The molecule has 0 aliphatic heterocycles. The summed E-state index contributed by atoms with van der Waals surface area (Å²) in [5.74, 6) is -0.781. The molecule has 0 bridgehead atoms. The fourth-order valence-corrected chi connectivity index (χ4v) is 3.00. The first kappa shape index (κ1) is 14.2. The third-order valence-corrected chi connectivity index (χ3v) is 4.16. The van der Waals surface area contributed by atoms with Gasteiger partial charge in [0, 0.05) is 22.5 Å². The minimum absolute atomic E-state index is 0.165. The summed E-state index contributed by atoms with van der Waals surface area (Å²) in [5.41, 5.74) is 0.370. The lowest BCUT2D eigenvalue weighted by Gasteiger charge is -2.22. The molecule has 2 atom stereocenters. The van der Waals surface area contributed by atoms with Gasteiger partial charge in [-0.25, -0.2) is 8.78 Å². The number of thiophene rings is 1. The second-order valence-corrected chi connectivity index (χ2v) is 5.51. The van der Waals surface area contributed by atoms with Crippen LogP contribution in [0.4, 0.5) is 8.78 Å². The van der Waals surface area contributed by atoms with Gasteiger partial charge in [0.1, 0.15) is 11.6 Å². The molecule has 1 aromatic heterocycles. The largest absolute Gasteiger partial charge is 0.303 e. The molecule has 1 nitrogen and oxygen atoms in total. The van der Waals surface area contributed by atoms with E-state index in [0.717, 1.165) is 12.5 Å². The van der Waals surface area contributed by atoms with Crippen molar-refractivity contribution in [3.63, 3.8) is 0 Å². The lowest BCUT2D eigenvalue weighted by atomic mass is 10.1. The van der Waals surface area contributed by atoms with Crippen LogP contribution in [0.15, 0.2) is 35.7 Å². The Balaban J connectivity index is 2.15. The summed E-state index contributed by atoms with van der Waals surface area (Å²) < 4.78 is 26.9. The van der Waals surface area contributed by atoms with Crippen LogP contribution in [0.1, 0.15) is 42.8 Å². The molecule has 1 heterocycles. The average Bonchev–Trinajstić information content (AvgIpc) is 2.92. The Morgan fingerprint density at radius 2 is 2.05 bits per heavy atom. The van der Waals surface area contributed by atoms with Gasteiger partial charge in [0.15, 0.2) is 0 Å². The summed E-state index contributed by atoms with van der Waals surface area (Å²) in [4.78, 5) is 1.21. The highest BCUT2D eigenvalue weighted by molar-refractivity contribution is 7.10. The third kappa shape index (κ3) is 3.39. The minimum Gasteiger partial charge on any atom is -0.303 e.